The Balaban J connectivity index is 1.74. The molecule has 0 saturated carbocycles. The van der Waals surface area contributed by atoms with Crippen molar-refractivity contribution < 1.29 is 14.3 Å². The van der Waals surface area contributed by atoms with Crippen molar-refractivity contribution >= 4 is 11.9 Å². The van der Waals surface area contributed by atoms with Gasteiger partial charge in [-0.1, -0.05) is 37.3 Å². The lowest BCUT2D eigenvalue weighted by Crippen LogP contribution is -2.40. The second-order valence-corrected chi connectivity index (χ2v) is 5.52. The summed E-state index contributed by atoms with van der Waals surface area (Å²) in [5.41, 5.74) is 0.985. The van der Waals surface area contributed by atoms with Crippen LogP contribution in [0, 0.1) is 5.92 Å². The summed E-state index contributed by atoms with van der Waals surface area (Å²) in [6.07, 6.45) is 2.81. The highest BCUT2D eigenvalue weighted by atomic mass is 16.6. The average molecular weight is 289 g/mol. The maximum Gasteiger partial charge on any atom is 0.410 e. The van der Waals surface area contributed by atoms with Crippen molar-refractivity contribution in [2.75, 3.05) is 13.1 Å². The predicted molar refractivity (Wildman–Crippen MR) is 80.8 cm³/mol. The molecule has 1 aromatic carbocycles. The molecule has 0 aliphatic carbocycles. The zero-order chi connectivity index (χ0) is 15.1. The van der Waals surface area contributed by atoms with E-state index in [1.807, 2.05) is 37.3 Å². The third-order valence-electron chi connectivity index (χ3n) is 3.91. The monoisotopic (exact) mass is 289 g/mol. The van der Waals surface area contributed by atoms with Gasteiger partial charge in [0, 0.05) is 25.4 Å². The second-order valence-electron chi connectivity index (χ2n) is 5.52. The summed E-state index contributed by atoms with van der Waals surface area (Å²) in [7, 11) is 0. The van der Waals surface area contributed by atoms with Crippen molar-refractivity contribution in [2.24, 2.45) is 5.92 Å². The number of piperidine rings is 1. The second kappa shape index (κ2) is 7.81. The smallest absolute Gasteiger partial charge is 0.410 e. The SMILES string of the molecule is CCCC(=O)C1CCN(C(=O)OCc2ccccc2)CC1. The molecule has 0 spiro atoms. The number of rotatable bonds is 5. The van der Waals surface area contributed by atoms with Crippen LogP contribution in [-0.2, 0) is 16.1 Å². The molecule has 1 aliphatic heterocycles. The summed E-state index contributed by atoms with van der Waals surface area (Å²) >= 11 is 0. The van der Waals surface area contributed by atoms with E-state index >= 15 is 0 Å². The van der Waals surface area contributed by atoms with Crippen molar-refractivity contribution in [3.05, 3.63) is 35.9 Å². The lowest BCUT2D eigenvalue weighted by Gasteiger charge is -2.30. The van der Waals surface area contributed by atoms with E-state index in [0.717, 1.165) is 24.8 Å². The van der Waals surface area contributed by atoms with Crippen LogP contribution >= 0.6 is 0 Å². The largest absolute Gasteiger partial charge is 0.445 e. The summed E-state index contributed by atoms with van der Waals surface area (Å²) in [5, 5.41) is 0. The summed E-state index contributed by atoms with van der Waals surface area (Å²) in [6, 6.07) is 9.65. The molecule has 0 bridgehead atoms. The molecular weight excluding hydrogens is 266 g/mol. The Kier molecular flexibility index (Phi) is 5.78. The van der Waals surface area contributed by atoms with Gasteiger partial charge in [0.25, 0.3) is 0 Å². The van der Waals surface area contributed by atoms with Gasteiger partial charge in [0.05, 0.1) is 0 Å². The number of likely N-dealkylation sites (tertiary alicyclic amines) is 1. The Morgan fingerprint density at radius 2 is 1.86 bits per heavy atom. The molecule has 0 unspecified atom stereocenters. The quantitative estimate of drug-likeness (QED) is 0.834. The Labute approximate surface area is 126 Å². The van der Waals surface area contributed by atoms with Crippen LogP contribution in [0.4, 0.5) is 4.79 Å². The number of carbonyl (C=O) groups is 2. The van der Waals surface area contributed by atoms with E-state index in [4.69, 9.17) is 4.74 Å². The van der Waals surface area contributed by atoms with Crippen molar-refractivity contribution in [1.82, 2.24) is 4.90 Å². The molecule has 1 heterocycles. The normalized spacial score (nSPS) is 15.8. The van der Waals surface area contributed by atoms with Crippen LogP contribution in [0.1, 0.15) is 38.2 Å². The topological polar surface area (TPSA) is 46.6 Å². The maximum absolute atomic E-state index is 12.0. The first kappa shape index (κ1) is 15.5. The number of carbonyl (C=O) groups excluding carboxylic acids is 2. The van der Waals surface area contributed by atoms with Crippen LogP contribution in [0.3, 0.4) is 0 Å². The number of amides is 1. The fraction of sp³-hybridized carbons (Fsp3) is 0.529. The Morgan fingerprint density at radius 1 is 1.19 bits per heavy atom. The molecule has 114 valence electrons. The van der Waals surface area contributed by atoms with E-state index in [9.17, 15) is 9.59 Å². The van der Waals surface area contributed by atoms with Gasteiger partial charge in [-0.25, -0.2) is 4.79 Å². The van der Waals surface area contributed by atoms with Gasteiger partial charge in [0.2, 0.25) is 0 Å². The summed E-state index contributed by atoms with van der Waals surface area (Å²) in [4.78, 5) is 25.6. The van der Waals surface area contributed by atoms with Gasteiger partial charge in [-0.3, -0.25) is 4.79 Å². The van der Waals surface area contributed by atoms with E-state index in [1.165, 1.54) is 0 Å². The summed E-state index contributed by atoms with van der Waals surface area (Å²) in [5.74, 6) is 0.470. The van der Waals surface area contributed by atoms with Crippen LogP contribution in [0.5, 0.6) is 0 Å². The third kappa shape index (κ3) is 4.59. The van der Waals surface area contributed by atoms with Crippen LogP contribution in [0.15, 0.2) is 30.3 Å². The number of benzene rings is 1. The predicted octanol–water partition coefficient (Wildman–Crippen LogP) is 3.40. The number of nitrogens with zero attached hydrogens (tertiary/aromatic N) is 1. The molecule has 1 aliphatic rings. The van der Waals surface area contributed by atoms with Crippen molar-refractivity contribution in [3.63, 3.8) is 0 Å². The fourth-order valence-electron chi connectivity index (χ4n) is 2.65. The van der Waals surface area contributed by atoms with E-state index in [-0.39, 0.29) is 12.0 Å². The Morgan fingerprint density at radius 3 is 2.48 bits per heavy atom. The molecule has 0 radical (unpaired) electrons. The van der Waals surface area contributed by atoms with Crippen molar-refractivity contribution in [1.29, 1.82) is 0 Å². The fourth-order valence-corrected chi connectivity index (χ4v) is 2.65. The van der Waals surface area contributed by atoms with Gasteiger partial charge >= 0.3 is 6.09 Å². The van der Waals surface area contributed by atoms with E-state index in [0.29, 0.717) is 31.9 Å². The van der Waals surface area contributed by atoms with Crippen LogP contribution < -0.4 is 0 Å². The lowest BCUT2D eigenvalue weighted by atomic mass is 9.90. The van der Waals surface area contributed by atoms with Gasteiger partial charge in [-0.15, -0.1) is 0 Å². The average Bonchev–Trinajstić information content (AvgIpc) is 2.54. The standard InChI is InChI=1S/C17H23NO3/c1-2-6-16(19)15-9-11-18(12-10-15)17(20)21-13-14-7-4-3-5-8-14/h3-5,7-8,15H,2,6,9-13H2,1H3. The number of hydrogen-bond acceptors (Lipinski definition) is 3. The Bertz CT molecular complexity index is 464. The highest BCUT2D eigenvalue weighted by Crippen LogP contribution is 2.20. The molecule has 1 fully saturated rings. The van der Waals surface area contributed by atoms with Gasteiger partial charge in [-0.05, 0) is 24.8 Å². The third-order valence-corrected chi connectivity index (χ3v) is 3.91. The minimum absolute atomic E-state index is 0.128. The first-order chi connectivity index (χ1) is 10.2. The number of Topliss-reactive ketones (excluding diaryl/α,β-unsaturated/α-hetero) is 1. The number of hydrogen-bond donors (Lipinski definition) is 0. The Hall–Kier alpha value is -1.84. The maximum atomic E-state index is 12.0. The molecule has 0 N–H and O–H groups in total. The van der Waals surface area contributed by atoms with Crippen molar-refractivity contribution in [2.45, 2.75) is 39.2 Å². The highest BCUT2D eigenvalue weighted by Gasteiger charge is 2.27. The summed E-state index contributed by atoms with van der Waals surface area (Å²) in [6.45, 7) is 3.56. The van der Waals surface area contributed by atoms with Crippen LogP contribution in [-0.4, -0.2) is 29.9 Å². The molecule has 0 atom stereocenters. The first-order valence-electron chi connectivity index (χ1n) is 7.69. The molecule has 1 saturated heterocycles. The minimum Gasteiger partial charge on any atom is -0.445 e. The van der Waals surface area contributed by atoms with E-state index in [2.05, 4.69) is 0 Å². The van der Waals surface area contributed by atoms with Crippen molar-refractivity contribution in [3.8, 4) is 0 Å². The van der Waals surface area contributed by atoms with Gasteiger partial charge in [0.15, 0.2) is 0 Å². The molecule has 0 aromatic heterocycles. The first-order valence-corrected chi connectivity index (χ1v) is 7.69. The molecular formula is C17H23NO3. The van der Waals surface area contributed by atoms with Crippen LogP contribution in [0.2, 0.25) is 0 Å². The minimum atomic E-state index is -0.278. The highest BCUT2D eigenvalue weighted by molar-refractivity contribution is 5.81. The van der Waals surface area contributed by atoms with Gasteiger partial charge in [-0.2, -0.15) is 0 Å². The molecule has 2 rings (SSSR count). The number of ether oxygens (including phenoxy) is 1. The van der Waals surface area contributed by atoms with E-state index < -0.39 is 0 Å². The molecule has 4 nitrogen and oxygen atoms in total. The van der Waals surface area contributed by atoms with Gasteiger partial charge < -0.3 is 9.64 Å². The zero-order valence-electron chi connectivity index (χ0n) is 12.6. The number of ketones is 1. The molecule has 1 amide bonds. The van der Waals surface area contributed by atoms with Gasteiger partial charge in [0.1, 0.15) is 12.4 Å². The zero-order valence-corrected chi connectivity index (χ0v) is 12.6. The van der Waals surface area contributed by atoms with E-state index in [1.54, 1.807) is 4.90 Å². The molecule has 4 heteroatoms. The molecule has 21 heavy (non-hydrogen) atoms. The van der Waals surface area contributed by atoms with Crippen LogP contribution in [0.25, 0.3) is 0 Å². The summed E-state index contributed by atoms with van der Waals surface area (Å²) < 4.78 is 5.31. The molecule has 1 aromatic rings. The lowest BCUT2D eigenvalue weighted by molar-refractivity contribution is -0.124.